The minimum Gasteiger partial charge on any atom is -0.296 e. The van der Waals surface area contributed by atoms with Crippen molar-refractivity contribution in [3.8, 4) is 0 Å². The van der Waals surface area contributed by atoms with Gasteiger partial charge in [0.1, 0.15) is 5.01 Å². The molecule has 0 bridgehead atoms. The predicted octanol–water partition coefficient (Wildman–Crippen LogP) is 2.57. The number of para-hydroxylation sites is 1. The van der Waals surface area contributed by atoms with Gasteiger partial charge < -0.3 is 0 Å². The Bertz CT molecular complexity index is 701. The van der Waals surface area contributed by atoms with E-state index >= 15 is 0 Å². The van der Waals surface area contributed by atoms with E-state index in [2.05, 4.69) is 10.2 Å². The maximum atomic E-state index is 12.0. The number of amides is 1. The van der Waals surface area contributed by atoms with Crippen LogP contribution in [0.1, 0.15) is 15.4 Å². The Morgan fingerprint density at radius 1 is 1.21 bits per heavy atom. The highest BCUT2D eigenvalue weighted by atomic mass is 35.5. The van der Waals surface area contributed by atoms with Crippen molar-refractivity contribution in [2.24, 2.45) is 0 Å². The zero-order valence-corrected chi connectivity index (χ0v) is 11.6. The number of ketones is 1. The Kier molecular flexibility index (Phi) is 3.00. The number of Topliss-reactive ketones (excluding diaryl/α,β-unsaturated/α-hetero) is 1. The highest BCUT2D eigenvalue weighted by Gasteiger charge is 2.37. The Balaban J connectivity index is 2.04. The molecule has 1 aliphatic rings. The number of rotatable bonds is 2. The van der Waals surface area contributed by atoms with Gasteiger partial charge in [-0.3, -0.25) is 14.5 Å². The SMILES string of the molecule is O=C1C(=O)N(Cc2nnc(Cl)s2)c2c(Cl)cccc21. The lowest BCUT2D eigenvalue weighted by Gasteiger charge is -2.15. The van der Waals surface area contributed by atoms with Gasteiger partial charge in [-0.1, -0.05) is 29.0 Å². The fourth-order valence-corrected chi connectivity index (χ4v) is 3.03. The van der Waals surface area contributed by atoms with Crippen LogP contribution in [0.2, 0.25) is 9.49 Å². The number of halogens is 2. The van der Waals surface area contributed by atoms with Gasteiger partial charge in [-0.2, -0.15) is 0 Å². The third kappa shape index (κ3) is 2.01. The molecular weight excluding hydrogens is 309 g/mol. The Hall–Kier alpha value is -1.50. The normalized spacial score (nSPS) is 14.1. The molecule has 96 valence electrons. The maximum absolute atomic E-state index is 12.0. The Morgan fingerprint density at radius 3 is 2.68 bits per heavy atom. The third-order valence-electron chi connectivity index (χ3n) is 2.68. The minimum atomic E-state index is -0.616. The molecule has 8 heteroatoms. The summed E-state index contributed by atoms with van der Waals surface area (Å²) in [5.74, 6) is -1.18. The first kappa shape index (κ1) is 12.5. The second-order valence-corrected chi connectivity index (χ2v) is 5.86. The van der Waals surface area contributed by atoms with E-state index in [4.69, 9.17) is 23.2 Å². The summed E-state index contributed by atoms with van der Waals surface area (Å²) >= 11 is 12.9. The van der Waals surface area contributed by atoms with E-state index in [1.807, 2.05) is 0 Å². The number of fused-ring (bicyclic) bond motifs is 1. The smallest absolute Gasteiger partial charge is 0.296 e. The first-order valence-corrected chi connectivity index (χ1v) is 6.78. The number of benzene rings is 1. The van der Waals surface area contributed by atoms with Crippen LogP contribution in [0.25, 0.3) is 0 Å². The van der Waals surface area contributed by atoms with E-state index in [1.165, 1.54) is 4.90 Å². The van der Waals surface area contributed by atoms with Gasteiger partial charge in [0.15, 0.2) is 0 Å². The molecule has 1 aliphatic heterocycles. The van der Waals surface area contributed by atoms with Gasteiger partial charge in [0.05, 0.1) is 22.8 Å². The van der Waals surface area contributed by atoms with E-state index in [1.54, 1.807) is 18.2 Å². The topological polar surface area (TPSA) is 63.2 Å². The van der Waals surface area contributed by atoms with Crippen molar-refractivity contribution in [1.29, 1.82) is 0 Å². The van der Waals surface area contributed by atoms with Crippen LogP contribution in [0, 0.1) is 0 Å². The van der Waals surface area contributed by atoms with Crippen LogP contribution in [0.4, 0.5) is 5.69 Å². The summed E-state index contributed by atoms with van der Waals surface area (Å²) in [5, 5.41) is 8.38. The van der Waals surface area contributed by atoms with Crippen LogP contribution in [0.3, 0.4) is 0 Å². The van der Waals surface area contributed by atoms with Gasteiger partial charge in [-0.15, -0.1) is 10.2 Å². The zero-order valence-electron chi connectivity index (χ0n) is 9.26. The van der Waals surface area contributed by atoms with Crippen LogP contribution in [-0.4, -0.2) is 21.9 Å². The van der Waals surface area contributed by atoms with Crippen LogP contribution < -0.4 is 4.90 Å². The maximum Gasteiger partial charge on any atom is 0.299 e. The molecule has 1 amide bonds. The van der Waals surface area contributed by atoms with Gasteiger partial charge in [-0.25, -0.2) is 0 Å². The second kappa shape index (κ2) is 4.56. The molecule has 0 saturated carbocycles. The lowest BCUT2D eigenvalue weighted by molar-refractivity contribution is -0.114. The van der Waals surface area contributed by atoms with Crippen molar-refractivity contribution in [1.82, 2.24) is 10.2 Å². The van der Waals surface area contributed by atoms with Gasteiger partial charge >= 0.3 is 0 Å². The number of nitrogens with zero attached hydrogens (tertiary/aromatic N) is 3. The first-order valence-electron chi connectivity index (χ1n) is 5.20. The van der Waals surface area contributed by atoms with E-state index in [-0.39, 0.29) is 11.0 Å². The van der Waals surface area contributed by atoms with Gasteiger partial charge in [0.25, 0.3) is 11.7 Å². The van der Waals surface area contributed by atoms with E-state index in [9.17, 15) is 9.59 Å². The highest BCUT2D eigenvalue weighted by Crippen LogP contribution is 2.36. The van der Waals surface area contributed by atoms with E-state index in [0.29, 0.717) is 21.3 Å². The number of hydrogen-bond donors (Lipinski definition) is 0. The van der Waals surface area contributed by atoms with Gasteiger partial charge in [-0.05, 0) is 23.7 Å². The molecule has 5 nitrogen and oxygen atoms in total. The van der Waals surface area contributed by atoms with Crippen molar-refractivity contribution in [3.63, 3.8) is 0 Å². The molecule has 0 spiro atoms. The lowest BCUT2D eigenvalue weighted by Crippen LogP contribution is -2.29. The number of anilines is 1. The van der Waals surface area contributed by atoms with Crippen molar-refractivity contribution in [3.05, 3.63) is 38.3 Å². The summed E-state index contributed by atoms with van der Waals surface area (Å²) in [6.07, 6.45) is 0. The molecule has 3 rings (SSSR count). The molecular formula is C11H5Cl2N3O2S. The van der Waals surface area contributed by atoms with E-state index < -0.39 is 11.7 Å². The number of carbonyl (C=O) groups is 2. The molecule has 19 heavy (non-hydrogen) atoms. The molecule has 0 saturated heterocycles. The Morgan fingerprint density at radius 2 is 2.00 bits per heavy atom. The third-order valence-corrected chi connectivity index (χ3v) is 3.98. The van der Waals surface area contributed by atoms with Crippen LogP contribution in [-0.2, 0) is 11.3 Å². The second-order valence-electron chi connectivity index (χ2n) is 3.81. The summed E-state index contributed by atoms with van der Waals surface area (Å²) in [6.45, 7) is 0.131. The number of hydrogen-bond acceptors (Lipinski definition) is 5. The van der Waals surface area contributed by atoms with Crippen LogP contribution in [0.5, 0.6) is 0 Å². The molecule has 0 atom stereocenters. The molecule has 0 unspecified atom stereocenters. The first-order chi connectivity index (χ1) is 9.08. The summed E-state index contributed by atoms with van der Waals surface area (Å²) in [5.41, 5.74) is 0.735. The molecule has 1 aromatic heterocycles. The van der Waals surface area contributed by atoms with Gasteiger partial charge in [0.2, 0.25) is 4.47 Å². The molecule has 0 fully saturated rings. The van der Waals surface area contributed by atoms with E-state index in [0.717, 1.165) is 11.3 Å². The quantitative estimate of drug-likeness (QED) is 0.799. The van der Waals surface area contributed by atoms with Crippen molar-refractivity contribution < 1.29 is 9.59 Å². The van der Waals surface area contributed by atoms with Crippen LogP contribution >= 0.6 is 34.5 Å². The van der Waals surface area contributed by atoms with Crippen molar-refractivity contribution >= 4 is 51.9 Å². The average Bonchev–Trinajstić information content (AvgIpc) is 2.89. The fraction of sp³-hybridized carbons (Fsp3) is 0.0909. The minimum absolute atomic E-state index is 0.131. The number of carbonyl (C=O) groups excluding carboxylic acids is 2. The highest BCUT2D eigenvalue weighted by molar-refractivity contribution is 7.15. The monoisotopic (exact) mass is 313 g/mol. The zero-order chi connectivity index (χ0) is 13.6. The molecule has 0 aliphatic carbocycles. The lowest BCUT2D eigenvalue weighted by atomic mass is 10.1. The standard InChI is InChI=1S/C11H5Cl2N3O2S/c12-6-3-1-2-5-8(6)16(10(18)9(5)17)4-7-14-15-11(13)19-7/h1-3H,4H2. The average molecular weight is 314 g/mol. The summed E-state index contributed by atoms with van der Waals surface area (Å²) in [4.78, 5) is 25.1. The van der Waals surface area contributed by atoms with Crippen LogP contribution in [0.15, 0.2) is 18.2 Å². The number of aromatic nitrogens is 2. The van der Waals surface area contributed by atoms with Crippen molar-refractivity contribution in [2.45, 2.75) is 6.54 Å². The predicted molar refractivity (Wildman–Crippen MR) is 71.9 cm³/mol. The van der Waals surface area contributed by atoms with Gasteiger partial charge in [0, 0.05) is 0 Å². The summed E-state index contributed by atoms with van der Waals surface area (Å²) in [6, 6.07) is 4.85. The van der Waals surface area contributed by atoms with Crippen molar-refractivity contribution in [2.75, 3.05) is 4.90 Å². The molecule has 0 N–H and O–H groups in total. The summed E-state index contributed by atoms with van der Waals surface area (Å²) in [7, 11) is 0. The molecule has 1 aromatic carbocycles. The molecule has 2 heterocycles. The fourth-order valence-electron chi connectivity index (χ4n) is 1.90. The molecule has 2 aromatic rings. The largest absolute Gasteiger partial charge is 0.299 e. The summed E-state index contributed by atoms with van der Waals surface area (Å²) < 4.78 is 0.285. The Labute approximate surface area is 121 Å². The molecule has 0 radical (unpaired) electrons.